The Hall–Kier alpha value is -5.42. The lowest BCUT2D eigenvalue weighted by atomic mass is 9.92. The predicted molar refractivity (Wildman–Crippen MR) is 222 cm³/mol. The van der Waals surface area contributed by atoms with E-state index < -0.39 is 146 Å². The lowest BCUT2D eigenvalue weighted by Crippen LogP contribution is -2.65. The van der Waals surface area contributed by atoms with Gasteiger partial charge in [0.05, 0.1) is 33.5 Å². The Bertz CT molecular complexity index is 2250. The molecule has 372 valence electrons. The van der Waals surface area contributed by atoms with Gasteiger partial charge in [0, 0.05) is 18.2 Å². The van der Waals surface area contributed by atoms with Crippen molar-refractivity contribution in [3.8, 4) is 40.2 Å². The number of carbonyl (C=O) groups excluding carboxylic acids is 2. The Balaban J connectivity index is 1.12. The first-order valence-electron chi connectivity index (χ1n) is 21.0. The van der Waals surface area contributed by atoms with Crippen LogP contribution < -0.4 is 14.2 Å². The van der Waals surface area contributed by atoms with E-state index in [4.69, 9.17) is 47.4 Å². The van der Waals surface area contributed by atoms with Gasteiger partial charge in [0.1, 0.15) is 89.6 Å². The molecule has 3 saturated heterocycles. The number of aromatic hydroxyl groups is 4. The van der Waals surface area contributed by atoms with E-state index >= 15 is 0 Å². The monoisotopic (exact) mass is 964 g/mol. The highest BCUT2D eigenvalue weighted by Gasteiger charge is 2.53. The first kappa shape index (κ1) is 50.5. The summed E-state index contributed by atoms with van der Waals surface area (Å²) in [6, 6.07) is 10.1. The Kier molecular flexibility index (Phi) is 15.6. The quantitative estimate of drug-likeness (QED) is 0.0612. The average Bonchev–Trinajstić information content (AvgIpc) is 3.31. The van der Waals surface area contributed by atoms with Crippen LogP contribution in [0.5, 0.6) is 40.2 Å². The molecule has 12 unspecified atom stereocenters. The molecule has 0 saturated carbocycles. The molecule has 4 aliphatic heterocycles. The second-order valence-corrected chi connectivity index (χ2v) is 16.2. The van der Waals surface area contributed by atoms with Crippen LogP contribution in [0.15, 0.2) is 54.6 Å². The molecule has 17 atom stereocenters. The largest absolute Gasteiger partial charge is 0.508 e. The van der Waals surface area contributed by atoms with Crippen LogP contribution in [-0.2, 0) is 38.0 Å². The van der Waals surface area contributed by atoms with Gasteiger partial charge in [0.15, 0.2) is 48.7 Å². The zero-order chi connectivity index (χ0) is 49.3. The second-order valence-electron chi connectivity index (χ2n) is 16.2. The maximum Gasteiger partial charge on any atom is 0.331 e. The summed E-state index contributed by atoms with van der Waals surface area (Å²) in [7, 11) is 2.58. The van der Waals surface area contributed by atoms with Crippen LogP contribution in [0, 0.1) is 0 Å². The molecule has 12 N–H and O–H groups in total. The minimum atomic E-state index is -2.04. The van der Waals surface area contributed by atoms with Gasteiger partial charge in [-0.2, -0.15) is 0 Å². The Labute approximate surface area is 385 Å². The number of benzene rings is 3. The van der Waals surface area contributed by atoms with E-state index in [1.165, 1.54) is 63.6 Å². The first-order chi connectivity index (χ1) is 32.3. The molecule has 4 heterocycles. The van der Waals surface area contributed by atoms with Gasteiger partial charge >= 0.3 is 5.97 Å². The molecule has 24 heteroatoms. The van der Waals surface area contributed by atoms with E-state index in [0.29, 0.717) is 0 Å². The molecule has 3 aromatic carbocycles. The zero-order valence-corrected chi connectivity index (χ0v) is 36.3. The van der Waals surface area contributed by atoms with Crippen LogP contribution in [0.1, 0.15) is 34.5 Å². The van der Waals surface area contributed by atoms with Crippen LogP contribution in [0.4, 0.5) is 0 Å². The Morgan fingerprint density at radius 1 is 0.691 bits per heavy atom. The van der Waals surface area contributed by atoms with E-state index in [9.17, 15) is 70.9 Å². The number of phenolic OH excluding ortho intramolecular Hbond substituents is 4. The number of carbonyl (C=O) groups is 2. The van der Waals surface area contributed by atoms with E-state index in [2.05, 4.69) is 0 Å². The maximum absolute atomic E-state index is 14.0. The van der Waals surface area contributed by atoms with Gasteiger partial charge in [-0.1, -0.05) is 12.1 Å². The predicted octanol–water partition coefficient (Wildman–Crippen LogP) is -2.03. The van der Waals surface area contributed by atoms with Gasteiger partial charge in [-0.3, -0.25) is 4.79 Å². The van der Waals surface area contributed by atoms with E-state index in [0.717, 1.165) is 18.2 Å². The van der Waals surface area contributed by atoms with Crippen molar-refractivity contribution in [1.29, 1.82) is 0 Å². The highest BCUT2D eigenvalue weighted by atomic mass is 16.8. The molecule has 0 radical (unpaired) electrons. The fourth-order valence-corrected chi connectivity index (χ4v) is 8.07. The third-order valence-corrected chi connectivity index (χ3v) is 11.8. The third kappa shape index (κ3) is 10.3. The van der Waals surface area contributed by atoms with Crippen LogP contribution in [0.2, 0.25) is 0 Å². The normalized spacial score (nSPS) is 35.0. The molecule has 0 amide bonds. The zero-order valence-electron chi connectivity index (χ0n) is 36.3. The number of aliphatic hydroxyl groups excluding tert-OH is 8. The minimum Gasteiger partial charge on any atom is -0.508 e. The lowest BCUT2D eigenvalue weighted by Gasteiger charge is -2.46. The number of rotatable bonds is 14. The summed E-state index contributed by atoms with van der Waals surface area (Å²) in [5.74, 6) is -3.82. The number of ether oxygens (including phenoxy) is 10. The molecule has 3 fully saturated rings. The number of aliphatic hydroxyl groups is 8. The second kappa shape index (κ2) is 21.1. The average molecular weight is 965 g/mol. The molecule has 68 heavy (non-hydrogen) atoms. The van der Waals surface area contributed by atoms with Gasteiger partial charge in [-0.15, -0.1) is 0 Å². The minimum absolute atomic E-state index is 0.00288. The highest BCUT2D eigenvalue weighted by molar-refractivity contribution is 6.05. The standard InChI is InChI=1S/C44H52O24/c1-16-38(67-42-35(56)33(54)30(51)25(14-45)64-42)37(58)41(66-27(49)9-4-17-10-23(59-2)29(50)24(11-17)60-3)44(62-16)61-15-26-31(52)34(55)36(57)43(65-26)68-40-32(53)28-21(48)12-20(47)13-22(28)63-39(40)18-5-7-19(46)8-6-18/h4-13,16,25-26,30-31,33-48,50-52,54-58H,14-15H2,1-3H3/b9-4+/t16-,25?,26?,30?,31?,33?,34?,35?,36?,37+,38-,39?,40?,41+,42?,43?,44+/m0/s1. The van der Waals surface area contributed by atoms with Crippen LogP contribution in [0.25, 0.3) is 6.08 Å². The fourth-order valence-electron chi connectivity index (χ4n) is 8.07. The van der Waals surface area contributed by atoms with Crippen molar-refractivity contribution in [2.24, 2.45) is 0 Å². The summed E-state index contributed by atoms with van der Waals surface area (Å²) in [5, 5.41) is 127. The summed E-state index contributed by atoms with van der Waals surface area (Å²) in [4.78, 5) is 27.5. The number of hydrogen-bond donors (Lipinski definition) is 12. The maximum atomic E-state index is 14.0. The summed E-state index contributed by atoms with van der Waals surface area (Å²) < 4.78 is 57.0. The molecule has 0 aromatic heterocycles. The van der Waals surface area contributed by atoms with Crippen molar-refractivity contribution in [3.05, 3.63) is 71.3 Å². The van der Waals surface area contributed by atoms with Crippen molar-refractivity contribution >= 4 is 17.8 Å². The van der Waals surface area contributed by atoms with Gasteiger partial charge in [-0.25, -0.2) is 4.79 Å². The third-order valence-electron chi connectivity index (χ3n) is 11.8. The number of methoxy groups -OCH3 is 2. The van der Waals surface area contributed by atoms with Gasteiger partial charge < -0.3 is 109 Å². The number of fused-ring (bicyclic) bond motifs is 1. The Morgan fingerprint density at radius 3 is 1.91 bits per heavy atom. The van der Waals surface area contributed by atoms with Crippen molar-refractivity contribution in [3.63, 3.8) is 0 Å². The van der Waals surface area contributed by atoms with Gasteiger partial charge in [0.25, 0.3) is 0 Å². The molecular weight excluding hydrogens is 912 g/mol. The summed E-state index contributed by atoms with van der Waals surface area (Å²) in [6.07, 6.45) is -27.5. The molecule has 3 aromatic rings. The number of esters is 1. The topological polar surface area (TPSA) is 369 Å². The Morgan fingerprint density at radius 2 is 1.29 bits per heavy atom. The highest BCUT2D eigenvalue weighted by Crippen LogP contribution is 2.44. The van der Waals surface area contributed by atoms with E-state index in [1.54, 1.807) is 0 Å². The number of Topliss-reactive ketones (excluding diaryl/α,β-unsaturated/α-hetero) is 1. The molecule has 4 aliphatic rings. The molecule has 24 nitrogen and oxygen atoms in total. The molecule has 0 aliphatic carbocycles. The van der Waals surface area contributed by atoms with Crippen molar-refractivity contribution in [2.45, 2.75) is 111 Å². The fraction of sp³-hybridized carbons (Fsp3) is 0.500. The van der Waals surface area contributed by atoms with Crippen molar-refractivity contribution < 1.29 is 118 Å². The van der Waals surface area contributed by atoms with Crippen molar-refractivity contribution in [1.82, 2.24) is 0 Å². The van der Waals surface area contributed by atoms with E-state index in [1.807, 2.05) is 0 Å². The van der Waals surface area contributed by atoms with Crippen LogP contribution in [0.3, 0.4) is 0 Å². The van der Waals surface area contributed by atoms with Crippen LogP contribution >= 0.6 is 0 Å². The molecule has 7 rings (SSSR count). The van der Waals surface area contributed by atoms with Crippen molar-refractivity contribution in [2.75, 3.05) is 27.4 Å². The van der Waals surface area contributed by atoms with Crippen LogP contribution in [-0.4, -0.2) is 199 Å². The number of phenols is 4. The van der Waals surface area contributed by atoms with E-state index in [-0.39, 0.29) is 39.9 Å². The molecular formula is C44H52O24. The summed E-state index contributed by atoms with van der Waals surface area (Å²) >= 11 is 0. The van der Waals surface area contributed by atoms with Gasteiger partial charge in [-0.05, 0) is 48.4 Å². The number of ketones is 1. The number of hydrogen-bond acceptors (Lipinski definition) is 24. The van der Waals surface area contributed by atoms with Gasteiger partial charge in [0.2, 0.25) is 11.5 Å². The smallest absolute Gasteiger partial charge is 0.331 e. The molecule has 0 bridgehead atoms. The first-order valence-corrected chi connectivity index (χ1v) is 21.0. The lowest BCUT2D eigenvalue weighted by molar-refractivity contribution is -0.361. The summed E-state index contributed by atoms with van der Waals surface area (Å²) in [5.41, 5.74) is 0.132. The SMILES string of the molecule is COc1cc(/C=C/C(=O)O[C@H]2[C@H](OCC3OC(OC4C(=O)c5c(O)cc(O)cc5OC4c4ccc(O)cc4)C(O)C(O)C3O)O[C@@H](C)[C@H](OC3OC(CO)C(O)C(O)C3O)[C@H]2O)cc(OC)c1O. The molecule has 0 spiro atoms. The summed E-state index contributed by atoms with van der Waals surface area (Å²) in [6.45, 7) is -0.201.